The summed E-state index contributed by atoms with van der Waals surface area (Å²) in [6.07, 6.45) is 6.91. The number of hydrogen-bond acceptors (Lipinski definition) is 4. The van der Waals surface area contributed by atoms with E-state index in [9.17, 15) is 9.59 Å². The van der Waals surface area contributed by atoms with Crippen molar-refractivity contribution in [3.63, 3.8) is 0 Å². The van der Waals surface area contributed by atoms with Crippen molar-refractivity contribution in [2.45, 2.75) is 51.5 Å². The van der Waals surface area contributed by atoms with E-state index in [-0.39, 0.29) is 11.8 Å². The molecule has 0 aromatic carbocycles. The molecule has 0 aromatic rings. The van der Waals surface area contributed by atoms with Crippen LogP contribution in [0.15, 0.2) is 0 Å². The predicted molar refractivity (Wildman–Crippen MR) is 95.7 cm³/mol. The maximum atomic E-state index is 12.4. The lowest BCUT2D eigenvalue weighted by Crippen LogP contribution is -2.51. The Labute approximate surface area is 146 Å². The molecular formula is C18H34N4O2. The quantitative estimate of drug-likeness (QED) is 0.721. The molecule has 1 atom stereocenters. The highest BCUT2D eigenvalue weighted by molar-refractivity contribution is 5.88. The van der Waals surface area contributed by atoms with Gasteiger partial charge in [0.2, 0.25) is 11.8 Å². The third-order valence-corrected chi connectivity index (χ3v) is 5.29. The van der Waals surface area contributed by atoms with Crippen LogP contribution in [0.5, 0.6) is 0 Å². The molecule has 0 aromatic heterocycles. The maximum absolute atomic E-state index is 12.4. The van der Waals surface area contributed by atoms with Crippen LogP contribution >= 0.6 is 0 Å². The number of likely N-dealkylation sites (tertiary alicyclic amines) is 2. The van der Waals surface area contributed by atoms with Crippen molar-refractivity contribution in [3.8, 4) is 0 Å². The van der Waals surface area contributed by atoms with Crippen LogP contribution in [0.25, 0.3) is 0 Å². The van der Waals surface area contributed by atoms with Gasteiger partial charge in [0.15, 0.2) is 0 Å². The number of carbonyl (C=O) groups is 2. The van der Waals surface area contributed by atoms with E-state index in [2.05, 4.69) is 15.5 Å². The summed E-state index contributed by atoms with van der Waals surface area (Å²) in [5, 5.41) is 6.09. The Hall–Kier alpha value is -1.14. The Morgan fingerprint density at radius 3 is 2.38 bits per heavy atom. The molecule has 6 heteroatoms. The molecule has 0 bridgehead atoms. The molecular weight excluding hydrogens is 304 g/mol. The molecule has 1 unspecified atom stereocenters. The molecule has 0 spiro atoms. The number of carbonyl (C=O) groups excluding carboxylic acids is 2. The third-order valence-electron chi connectivity index (χ3n) is 5.29. The Balaban J connectivity index is 1.66. The summed E-state index contributed by atoms with van der Waals surface area (Å²) in [5.41, 5.74) is 0. The highest BCUT2D eigenvalue weighted by atomic mass is 16.2. The van der Waals surface area contributed by atoms with Crippen LogP contribution in [0.4, 0.5) is 0 Å². The van der Waals surface area contributed by atoms with Gasteiger partial charge in [0.1, 0.15) is 6.04 Å². The average molecular weight is 338 g/mol. The molecule has 2 saturated heterocycles. The van der Waals surface area contributed by atoms with Gasteiger partial charge >= 0.3 is 0 Å². The molecule has 2 rings (SSSR count). The molecule has 6 nitrogen and oxygen atoms in total. The van der Waals surface area contributed by atoms with Crippen molar-refractivity contribution in [1.82, 2.24) is 20.4 Å². The molecule has 24 heavy (non-hydrogen) atoms. The smallest absolute Gasteiger partial charge is 0.244 e. The molecule has 2 aliphatic rings. The van der Waals surface area contributed by atoms with Gasteiger partial charge in [-0.1, -0.05) is 0 Å². The van der Waals surface area contributed by atoms with E-state index in [4.69, 9.17) is 0 Å². The van der Waals surface area contributed by atoms with Crippen LogP contribution in [0.3, 0.4) is 0 Å². The summed E-state index contributed by atoms with van der Waals surface area (Å²) >= 11 is 0. The molecule has 0 aliphatic carbocycles. The van der Waals surface area contributed by atoms with Crippen molar-refractivity contribution in [3.05, 3.63) is 0 Å². The zero-order valence-corrected chi connectivity index (χ0v) is 15.4. The largest absolute Gasteiger partial charge is 0.343 e. The van der Waals surface area contributed by atoms with E-state index in [0.717, 1.165) is 64.3 Å². The van der Waals surface area contributed by atoms with Gasteiger partial charge in [-0.3, -0.25) is 14.5 Å². The van der Waals surface area contributed by atoms with E-state index in [1.54, 1.807) is 6.92 Å². The number of hydrogen-bond donors (Lipinski definition) is 2. The summed E-state index contributed by atoms with van der Waals surface area (Å²) in [6, 6.07) is -0.413. The molecule has 2 fully saturated rings. The normalized spacial score (nSPS) is 21.5. The Morgan fingerprint density at radius 1 is 1.08 bits per heavy atom. The number of rotatable bonds is 7. The maximum Gasteiger partial charge on any atom is 0.244 e. The first kappa shape index (κ1) is 19.2. The SMILES string of the molecule is CNCCC1CCN(CC(=O)NC(C)C(=O)N2CCCCC2)CC1. The fraction of sp³-hybridized carbons (Fsp3) is 0.889. The minimum atomic E-state index is -0.413. The number of piperidine rings is 2. The van der Waals surface area contributed by atoms with E-state index < -0.39 is 6.04 Å². The molecule has 2 amide bonds. The number of nitrogens with zero attached hydrogens (tertiary/aromatic N) is 2. The third kappa shape index (κ3) is 6.06. The van der Waals surface area contributed by atoms with Crippen molar-refractivity contribution >= 4 is 11.8 Å². The molecule has 2 N–H and O–H groups in total. The molecule has 0 radical (unpaired) electrons. The highest BCUT2D eigenvalue weighted by Crippen LogP contribution is 2.19. The van der Waals surface area contributed by atoms with Crippen LogP contribution in [0, 0.1) is 5.92 Å². The lowest BCUT2D eigenvalue weighted by molar-refractivity contribution is -0.137. The second kappa shape index (κ2) is 9.99. The van der Waals surface area contributed by atoms with Gasteiger partial charge in [-0.05, 0) is 78.0 Å². The number of nitrogens with one attached hydrogen (secondary N) is 2. The van der Waals surface area contributed by atoms with Crippen LogP contribution in [-0.2, 0) is 9.59 Å². The average Bonchev–Trinajstić information content (AvgIpc) is 2.61. The Bertz CT molecular complexity index is 402. The van der Waals surface area contributed by atoms with Gasteiger partial charge in [-0.2, -0.15) is 0 Å². The van der Waals surface area contributed by atoms with Crippen LogP contribution < -0.4 is 10.6 Å². The zero-order valence-electron chi connectivity index (χ0n) is 15.4. The predicted octanol–water partition coefficient (Wildman–Crippen LogP) is 0.825. The topological polar surface area (TPSA) is 64.7 Å². The van der Waals surface area contributed by atoms with Crippen LogP contribution in [0.2, 0.25) is 0 Å². The first-order valence-corrected chi connectivity index (χ1v) is 9.55. The molecule has 2 aliphatic heterocycles. The van der Waals surface area contributed by atoms with Gasteiger partial charge in [0.25, 0.3) is 0 Å². The summed E-state index contributed by atoms with van der Waals surface area (Å²) in [4.78, 5) is 28.7. The van der Waals surface area contributed by atoms with Gasteiger partial charge < -0.3 is 15.5 Å². The van der Waals surface area contributed by atoms with E-state index in [1.807, 2.05) is 11.9 Å². The van der Waals surface area contributed by atoms with Crippen LogP contribution in [0.1, 0.15) is 45.4 Å². The van der Waals surface area contributed by atoms with E-state index in [0.29, 0.717) is 6.54 Å². The summed E-state index contributed by atoms with van der Waals surface area (Å²) in [6.45, 7) is 6.92. The van der Waals surface area contributed by atoms with E-state index >= 15 is 0 Å². The summed E-state index contributed by atoms with van der Waals surface area (Å²) in [7, 11) is 1.99. The summed E-state index contributed by atoms with van der Waals surface area (Å²) in [5.74, 6) is 0.812. The minimum absolute atomic E-state index is 0.0264. The minimum Gasteiger partial charge on any atom is -0.343 e. The van der Waals surface area contributed by atoms with E-state index in [1.165, 1.54) is 12.8 Å². The highest BCUT2D eigenvalue weighted by Gasteiger charge is 2.25. The van der Waals surface area contributed by atoms with Gasteiger partial charge in [-0.25, -0.2) is 0 Å². The van der Waals surface area contributed by atoms with Crippen molar-refractivity contribution in [2.24, 2.45) is 5.92 Å². The first-order valence-electron chi connectivity index (χ1n) is 9.55. The van der Waals surface area contributed by atoms with Gasteiger partial charge in [0, 0.05) is 13.1 Å². The lowest BCUT2D eigenvalue weighted by atomic mass is 9.93. The summed E-state index contributed by atoms with van der Waals surface area (Å²) < 4.78 is 0. The number of amides is 2. The second-order valence-corrected chi connectivity index (χ2v) is 7.29. The lowest BCUT2D eigenvalue weighted by Gasteiger charge is -2.32. The van der Waals surface area contributed by atoms with Crippen LogP contribution in [-0.4, -0.2) is 74.0 Å². The standard InChI is InChI=1S/C18H34N4O2/c1-15(18(24)22-10-4-3-5-11-22)20-17(23)14-21-12-7-16(8-13-21)6-9-19-2/h15-16,19H,3-14H2,1-2H3,(H,20,23). The molecule has 138 valence electrons. The second-order valence-electron chi connectivity index (χ2n) is 7.29. The van der Waals surface area contributed by atoms with Crippen molar-refractivity contribution in [1.29, 1.82) is 0 Å². The van der Waals surface area contributed by atoms with Crippen molar-refractivity contribution < 1.29 is 9.59 Å². The molecule has 0 saturated carbocycles. The van der Waals surface area contributed by atoms with Crippen molar-refractivity contribution in [2.75, 3.05) is 46.3 Å². The van der Waals surface area contributed by atoms with Gasteiger partial charge in [0.05, 0.1) is 6.54 Å². The molecule has 2 heterocycles. The van der Waals surface area contributed by atoms with Gasteiger partial charge in [-0.15, -0.1) is 0 Å². The first-order chi connectivity index (χ1) is 11.6. The Kier molecular flexibility index (Phi) is 7.99. The fourth-order valence-electron chi connectivity index (χ4n) is 3.72. The zero-order chi connectivity index (χ0) is 17.4. The Morgan fingerprint density at radius 2 is 1.75 bits per heavy atom. The monoisotopic (exact) mass is 338 g/mol. The fourth-order valence-corrected chi connectivity index (χ4v) is 3.72.